The molecule has 3 rings (SSSR count). The number of carbonyl (C=O) groups excluding carboxylic acids is 2. The van der Waals surface area contributed by atoms with E-state index in [-0.39, 0.29) is 11.8 Å². The lowest BCUT2D eigenvalue weighted by Crippen LogP contribution is -2.24. The Bertz CT molecular complexity index is 891. The average Bonchev–Trinajstić information content (AvgIpc) is 2.75. The summed E-state index contributed by atoms with van der Waals surface area (Å²) in [4.78, 5) is 24.4. The van der Waals surface area contributed by atoms with Gasteiger partial charge in [-0.25, -0.2) is 0 Å². The number of hydrogen-bond donors (Lipinski definition) is 2. The van der Waals surface area contributed by atoms with E-state index in [0.29, 0.717) is 23.4 Å². The highest BCUT2D eigenvalue weighted by molar-refractivity contribution is 6.04. The van der Waals surface area contributed by atoms with E-state index < -0.39 is 0 Å². The van der Waals surface area contributed by atoms with Crippen LogP contribution in [0.25, 0.3) is 0 Å². The molecule has 0 aliphatic rings. The van der Waals surface area contributed by atoms with Crippen LogP contribution in [-0.4, -0.2) is 18.4 Å². The summed E-state index contributed by atoms with van der Waals surface area (Å²) in [5.74, 6) is -0.267. The van der Waals surface area contributed by atoms with Gasteiger partial charge in [-0.15, -0.1) is 0 Å². The molecule has 3 aromatic rings. The highest BCUT2D eigenvalue weighted by Gasteiger charge is 2.07. The van der Waals surface area contributed by atoms with E-state index >= 15 is 0 Å². The molecule has 0 heterocycles. The fourth-order valence-electron chi connectivity index (χ4n) is 2.90. The van der Waals surface area contributed by atoms with Crippen LogP contribution in [0.15, 0.2) is 84.9 Å². The first-order valence-corrected chi connectivity index (χ1v) is 9.51. The van der Waals surface area contributed by atoms with Crippen molar-refractivity contribution < 1.29 is 9.59 Å². The summed E-state index contributed by atoms with van der Waals surface area (Å²) in [5.41, 5.74) is 3.16. The van der Waals surface area contributed by atoms with E-state index in [4.69, 9.17) is 0 Å². The third-order valence-electron chi connectivity index (χ3n) is 4.46. The normalized spacial score (nSPS) is 10.3. The monoisotopic (exact) mass is 372 g/mol. The van der Waals surface area contributed by atoms with E-state index in [1.54, 1.807) is 36.4 Å². The zero-order chi connectivity index (χ0) is 19.6. The van der Waals surface area contributed by atoms with Crippen LogP contribution < -0.4 is 10.6 Å². The lowest BCUT2D eigenvalue weighted by atomic mass is 10.1. The fraction of sp³-hybridized carbons (Fsp3) is 0.167. The van der Waals surface area contributed by atoms with Gasteiger partial charge >= 0.3 is 0 Å². The van der Waals surface area contributed by atoms with Crippen LogP contribution in [0, 0.1) is 0 Å². The van der Waals surface area contributed by atoms with Gasteiger partial charge in [-0.2, -0.15) is 0 Å². The number of nitrogens with one attached hydrogen (secondary N) is 2. The van der Waals surface area contributed by atoms with Gasteiger partial charge in [0, 0.05) is 23.4 Å². The van der Waals surface area contributed by atoms with Gasteiger partial charge in [0.15, 0.2) is 0 Å². The highest BCUT2D eigenvalue weighted by atomic mass is 16.2. The summed E-state index contributed by atoms with van der Waals surface area (Å²) in [6, 6.07) is 26.3. The van der Waals surface area contributed by atoms with Crippen molar-refractivity contribution in [2.45, 2.75) is 19.3 Å². The van der Waals surface area contributed by atoms with Gasteiger partial charge in [0.1, 0.15) is 0 Å². The molecule has 0 aliphatic carbocycles. The van der Waals surface area contributed by atoms with E-state index in [2.05, 4.69) is 22.8 Å². The van der Waals surface area contributed by atoms with Gasteiger partial charge < -0.3 is 10.6 Å². The predicted molar refractivity (Wildman–Crippen MR) is 113 cm³/mol. The van der Waals surface area contributed by atoms with Crippen molar-refractivity contribution in [3.8, 4) is 0 Å². The van der Waals surface area contributed by atoms with Crippen molar-refractivity contribution in [3.05, 3.63) is 102 Å². The fourth-order valence-corrected chi connectivity index (χ4v) is 2.90. The molecule has 142 valence electrons. The van der Waals surface area contributed by atoms with E-state index in [9.17, 15) is 9.59 Å². The first kappa shape index (κ1) is 19.4. The Kier molecular flexibility index (Phi) is 6.96. The number of aryl methyl sites for hydroxylation is 1. The van der Waals surface area contributed by atoms with Gasteiger partial charge in [-0.1, -0.05) is 48.5 Å². The second-order valence-corrected chi connectivity index (χ2v) is 6.60. The van der Waals surface area contributed by atoms with Crippen molar-refractivity contribution in [2.75, 3.05) is 11.9 Å². The minimum Gasteiger partial charge on any atom is -0.352 e. The van der Waals surface area contributed by atoms with Gasteiger partial charge in [0.25, 0.3) is 11.8 Å². The summed E-state index contributed by atoms with van der Waals surface area (Å²) < 4.78 is 0. The largest absolute Gasteiger partial charge is 0.352 e. The van der Waals surface area contributed by atoms with E-state index in [1.807, 2.05) is 36.4 Å². The molecule has 4 nitrogen and oxygen atoms in total. The standard InChI is InChI=1S/C24H24N2O2/c27-23(25-18-8-7-11-19-9-3-1-4-10-19)21-14-16-22(17-15-21)26-24(28)20-12-5-2-6-13-20/h1-6,9-10,12-17H,7-8,11,18H2,(H,25,27)(H,26,28). The Morgan fingerprint density at radius 3 is 1.93 bits per heavy atom. The lowest BCUT2D eigenvalue weighted by molar-refractivity contribution is 0.0952. The molecule has 0 saturated carbocycles. The van der Waals surface area contributed by atoms with Crippen molar-refractivity contribution in [1.29, 1.82) is 0 Å². The summed E-state index contributed by atoms with van der Waals surface area (Å²) in [7, 11) is 0. The summed E-state index contributed by atoms with van der Waals surface area (Å²) in [6.07, 6.45) is 2.99. The SMILES string of the molecule is O=C(NCCCCc1ccccc1)c1ccc(NC(=O)c2ccccc2)cc1. The van der Waals surface area contributed by atoms with Crippen LogP contribution >= 0.6 is 0 Å². The predicted octanol–water partition coefficient (Wildman–Crippen LogP) is 4.69. The molecule has 2 amide bonds. The molecule has 0 radical (unpaired) electrons. The second-order valence-electron chi connectivity index (χ2n) is 6.60. The summed E-state index contributed by atoms with van der Waals surface area (Å²) in [6.45, 7) is 0.651. The summed E-state index contributed by atoms with van der Waals surface area (Å²) in [5, 5.41) is 5.77. The maximum absolute atomic E-state index is 12.2. The zero-order valence-corrected chi connectivity index (χ0v) is 15.7. The molecule has 2 N–H and O–H groups in total. The second kappa shape index (κ2) is 10.1. The zero-order valence-electron chi connectivity index (χ0n) is 15.7. The number of amides is 2. The highest BCUT2D eigenvalue weighted by Crippen LogP contribution is 2.12. The lowest BCUT2D eigenvalue weighted by Gasteiger charge is -2.08. The van der Waals surface area contributed by atoms with Gasteiger partial charge in [-0.3, -0.25) is 9.59 Å². The van der Waals surface area contributed by atoms with Gasteiger partial charge in [0.2, 0.25) is 0 Å². The van der Waals surface area contributed by atoms with Crippen LogP contribution in [0.5, 0.6) is 0 Å². The number of hydrogen-bond acceptors (Lipinski definition) is 2. The molecule has 0 atom stereocenters. The molecule has 0 unspecified atom stereocenters. The Hall–Kier alpha value is -3.40. The average molecular weight is 372 g/mol. The number of benzene rings is 3. The van der Waals surface area contributed by atoms with E-state index in [0.717, 1.165) is 19.3 Å². The molecular weight excluding hydrogens is 348 g/mol. The number of rotatable bonds is 8. The molecule has 28 heavy (non-hydrogen) atoms. The molecule has 0 aliphatic heterocycles. The number of carbonyl (C=O) groups is 2. The quantitative estimate of drug-likeness (QED) is 0.564. The maximum Gasteiger partial charge on any atom is 0.255 e. The minimum absolute atomic E-state index is 0.0966. The molecule has 3 aromatic carbocycles. The van der Waals surface area contributed by atoms with Gasteiger partial charge in [-0.05, 0) is 61.2 Å². The van der Waals surface area contributed by atoms with Crippen LogP contribution in [0.3, 0.4) is 0 Å². The van der Waals surface area contributed by atoms with Crippen LogP contribution in [0.1, 0.15) is 39.1 Å². The van der Waals surface area contributed by atoms with Crippen molar-refractivity contribution >= 4 is 17.5 Å². The third kappa shape index (κ3) is 5.81. The first-order valence-electron chi connectivity index (χ1n) is 9.51. The van der Waals surface area contributed by atoms with Crippen molar-refractivity contribution in [1.82, 2.24) is 5.32 Å². The van der Waals surface area contributed by atoms with Crippen LogP contribution in [-0.2, 0) is 6.42 Å². The molecule has 0 fully saturated rings. The van der Waals surface area contributed by atoms with Crippen LogP contribution in [0.4, 0.5) is 5.69 Å². The number of anilines is 1. The third-order valence-corrected chi connectivity index (χ3v) is 4.46. The molecule has 0 spiro atoms. The van der Waals surface area contributed by atoms with Crippen LogP contribution in [0.2, 0.25) is 0 Å². The Morgan fingerprint density at radius 2 is 1.25 bits per heavy atom. The Labute approximate surface area is 165 Å². The smallest absolute Gasteiger partial charge is 0.255 e. The molecular formula is C24H24N2O2. The molecule has 0 saturated heterocycles. The Balaban J connectivity index is 1.41. The molecule has 4 heteroatoms. The topological polar surface area (TPSA) is 58.2 Å². The van der Waals surface area contributed by atoms with E-state index in [1.165, 1.54) is 5.56 Å². The maximum atomic E-state index is 12.2. The number of unbranched alkanes of at least 4 members (excludes halogenated alkanes) is 1. The van der Waals surface area contributed by atoms with Gasteiger partial charge in [0.05, 0.1) is 0 Å². The molecule has 0 aromatic heterocycles. The molecule has 0 bridgehead atoms. The first-order chi connectivity index (χ1) is 13.7. The minimum atomic E-state index is -0.170. The van der Waals surface area contributed by atoms with Crippen molar-refractivity contribution in [3.63, 3.8) is 0 Å². The Morgan fingerprint density at radius 1 is 0.643 bits per heavy atom. The summed E-state index contributed by atoms with van der Waals surface area (Å²) >= 11 is 0. The van der Waals surface area contributed by atoms with Crippen molar-refractivity contribution in [2.24, 2.45) is 0 Å².